The van der Waals surface area contributed by atoms with E-state index in [1.54, 1.807) is 6.07 Å². The van der Waals surface area contributed by atoms with Crippen LogP contribution in [0.4, 0.5) is 4.39 Å². The minimum absolute atomic E-state index is 0.0707. The van der Waals surface area contributed by atoms with Gasteiger partial charge in [0, 0.05) is 0 Å². The van der Waals surface area contributed by atoms with Gasteiger partial charge in [-0.2, -0.15) is 0 Å². The van der Waals surface area contributed by atoms with Gasteiger partial charge < -0.3 is 4.90 Å². The molecule has 1 saturated heterocycles. The van der Waals surface area contributed by atoms with Crippen LogP contribution in [0.1, 0.15) is 30.4 Å². The van der Waals surface area contributed by atoms with Crippen molar-refractivity contribution in [3.63, 3.8) is 0 Å². The second kappa shape index (κ2) is 5.44. The summed E-state index contributed by atoms with van der Waals surface area (Å²) in [5, 5.41) is 0. The molecular weight excluding hydrogens is 201 g/mol. The molecule has 2 heteroatoms. The van der Waals surface area contributed by atoms with E-state index in [2.05, 4.69) is 4.90 Å². The normalized spacial score (nSPS) is 16.9. The lowest BCUT2D eigenvalue weighted by molar-refractivity contribution is 0.334. The molecule has 0 atom stereocenters. The van der Waals surface area contributed by atoms with Crippen LogP contribution in [0.5, 0.6) is 0 Å². The van der Waals surface area contributed by atoms with E-state index in [-0.39, 0.29) is 5.82 Å². The van der Waals surface area contributed by atoms with Crippen LogP contribution >= 0.6 is 0 Å². The number of halogens is 1. The molecule has 1 aromatic carbocycles. The molecule has 1 nitrogen and oxygen atoms in total. The van der Waals surface area contributed by atoms with E-state index in [1.165, 1.54) is 25.9 Å². The van der Waals surface area contributed by atoms with Crippen LogP contribution in [-0.4, -0.2) is 24.5 Å². The zero-order chi connectivity index (χ0) is 11.4. The van der Waals surface area contributed by atoms with E-state index < -0.39 is 0 Å². The average molecular weight is 221 g/mol. The molecule has 16 heavy (non-hydrogen) atoms. The summed E-state index contributed by atoms with van der Waals surface area (Å²) in [5.74, 6) is -0.0707. The van der Waals surface area contributed by atoms with E-state index in [9.17, 15) is 4.39 Å². The Hall–Kier alpha value is -0.890. The van der Waals surface area contributed by atoms with Crippen molar-refractivity contribution in [2.75, 3.05) is 19.6 Å². The topological polar surface area (TPSA) is 3.24 Å². The highest BCUT2D eigenvalue weighted by Crippen LogP contribution is 2.12. The van der Waals surface area contributed by atoms with Gasteiger partial charge in [-0.15, -0.1) is 0 Å². The lowest BCUT2D eigenvalue weighted by Gasteiger charge is -2.14. The van der Waals surface area contributed by atoms with Crippen molar-refractivity contribution in [3.05, 3.63) is 35.1 Å². The third-order valence-corrected chi connectivity index (χ3v) is 3.37. The summed E-state index contributed by atoms with van der Waals surface area (Å²) < 4.78 is 13.3. The zero-order valence-electron chi connectivity index (χ0n) is 10.0. The first-order chi connectivity index (χ1) is 7.75. The second-order valence-corrected chi connectivity index (χ2v) is 4.74. The predicted octanol–water partition coefficient (Wildman–Crippen LogP) is 3.16. The highest BCUT2D eigenvalue weighted by atomic mass is 19.1. The van der Waals surface area contributed by atoms with Gasteiger partial charge >= 0.3 is 0 Å². The van der Waals surface area contributed by atoms with Crippen LogP contribution in [0.25, 0.3) is 0 Å². The van der Waals surface area contributed by atoms with Crippen molar-refractivity contribution >= 4 is 0 Å². The molecule has 1 heterocycles. The summed E-state index contributed by atoms with van der Waals surface area (Å²) in [6.07, 6.45) is 4.83. The van der Waals surface area contributed by atoms with Crippen molar-refractivity contribution in [2.24, 2.45) is 0 Å². The quantitative estimate of drug-likeness (QED) is 0.755. The lowest BCUT2D eigenvalue weighted by atomic mass is 10.1. The number of likely N-dealkylation sites (tertiary alicyclic amines) is 1. The maximum atomic E-state index is 13.3. The molecular formula is C14H20FN. The SMILES string of the molecule is Cc1ccc(CCCN2CCCC2)cc1F. The van der Waals surface area contributed by atoms with Gasteiger partial charge in [-0.3, -0.25) is 0 Å². The number of nitrogens with zero attached hydrogens (tertiary/aromatic N) is 1. The smallest absolute Gasteiger partial charge is 0.126 e. The molecule has 88 valence electrons. The molecule has 0 unspecified atom stereocenters. The molecule has 1 aliphatic heterocycles. The van der Waals surface area contributed by atoms with Crippen LogP contribution in [0.2, 0.25) is 0 Å². The summed E-state index contributed by atoms with van der Waals surface area (Å²) in [6, 6.07) is 5.60. The Morgan fingerprint density at radius 2 is 2.00 bits per heavy atom. The fourth-order valence-electron chi connectivity index (χ4n) is 2.30. The predicted molar refractivity (Wildman–Crippen MR) is 65.1 cm³/mol. The highest BCUT2D eigenvalue weighted by molar-refractivity contribution is 5.23. The molecule has 0 N–H and O–H groups in total. The molecule has 2 rings (SSSR count). The van der Waals surface area contributed by atoms with Gasteiger partial charge in [-0.25, -0.2) is 4.39 Å². The fraction of sp³-hybridized carbons (Fsp3) is 0.571. The van der Waals surface area contributed by atoms with E-state index in [0.29, 0.717) is 0 Å². The van der Waals surface area contributed by atoms with Gasteiger partial charge in [-0.1, -0.05) is 12.1 Å². The van der Waals surface area contributed by atoms with Crippen molar-refractivity contribution in [1.82, 2.24) is 4.90 Å². The summed E-state index contributed by atoms with van der Waals surface area (Å²) in [6.45, 7) is 5.48. The largest absolute Gasteiger partial charge is 0.303 e. The van der Waals surface area contributed by atoms with Gasteiger partial charge in [0.2, 0.25) is 0 Å². The molecule has 1 aromatic rings. The van der Waals surface area contributed by atoms with E-state index >= 15 is 0 Å². The van der Waals surface area contributed by atoms with Crippen molar-refractivity contribution in [2.45, 2.75) is 32.6 Å². The molecule has 0 aliphatic carbocycles. The first kappa shape index (κ1) is 11.6. The third-order valence-electron chi connectivity index (χ3n) is 3.37. The molecule has 0 radical (unpaired) electrons. The Balaban J connectivity index is 1.78. The Morgan fingerprint density at radius 3 is 2.69 bits per heavy atom. The first-order valence-corrected chi connectivity index (χ1v) is 6.23. The minimum Gasteiger partial charge on any atom is -0.303 e. The standard InChI is InChI=1S/C14H20FN/c1-12-6-7-13(11-14(12)15)5-4-10-16-8-2-3-9-16/h6-7,11H,2-5,8-10H2,1H3. The molecule has 1 fully saturated rings. The monoisotopic (exact) mass is 221 g/mol. The number of aryl methyl sites for hydroxylation is 2. The maximum Gasteiger partial charge on any atom is 0.126 e. The zero-order valence-corrected chi connectivity index (χ0v) is 10.0. The van der Waals surface area contributed by atoms with Crippen LogP contribution in [0, 0.1) is 12.7 Å². The molecule has 0 aromatic heterocycles. The van der Waals surface area contributed by atoms with E-state index in [0.717, 1.165) is 30.5 Å². The Bertz CT molecular complexity index is 343. The number of hydrogen-bond acceptors (Lipinski definition) is 1. The minimum atomic E-state index is -0.0707. The molecule has 1 aliphatic rings. The van der Waals surface area contributed by atoms with E-state index in [4.69, 9.17) is 0 Å². The molecule has 0 saturated carbocycles. The molecule has 0 spiro atoms. The summed E-state index contributed by atoms with van der Waals surface area (Å²) in [7, 11) is 0. The maximum absolute atomic E-state index is 13.3. The second-order valence-electron chi connectivity index (χ2n) is 4.74. The van der Waals surface area contributed by atoms with Gasteiger partial charge in [0.25, 0.3) is 0 Å². The molecule has 0 amide bonds. The first-order valence-electron chi connectivity index (χ1n) is 6.23. The van der Waals surface area contributed by atoms with Crippen LogP contribution in [0.3, 0.4) is 0 Å². The van der Waals surface area contributed by atoms with Gasteiger partial charge in [0.05, 0.1) is 0 Å². The Morgan fingerprint density at radius 1 is 1.25 bits per heavy atom. The number of rotatable bonds is 4. The molecule has 0 bridgehead atoms. The van der Waals surface area contributed by atoms with Gasteiger partial charge in [0.15, 0.2) is 0 Å². The van der Waals surface area contributed by atoms with Crippen molar-refractivity contribution < 1.29 is 4.39 Å². The van der Waals surface area contributed by atoms with Crippen LogP contribution in [0.15, 0.2) is 18.2 Å². The summed E-state index contributed by atoms with van der Waals surface area (Å²) >= 11 is 0. The fourth-order valence-corrected chi connectivity index (χ4v) is 2.30. The van der Waals surface area contributed by atoms with E-state index in [1.807, 2.05) is 19.1 Å². The van der Waals surface area contributed by atoms with Crippen LogP contribution in [-0.2, 0) is 6.42 Å². The summed E-state index contributed by atoms with van der Waals surface area (Å²) in [4.78, 5) is 2.50. The lowest BCUT2D eigenvalue weighted by Crippen LogP contribution is -2.20. The third kappa shape index (κ3) is 3.05. The number of hydrogen-bond donors (Lipinski definition) is 0. The highest BCUT2D eigenvalue weighted by Gasteiger charge is 2.10. The van der Waals surface area contributed by atoms with Crippen molar-refractivity contribution in [1.29, 1.82) is 0 Å². The Kier molecular flexibility index (Phi) is 3.94. The van der Waals surface area contributed by atoms with Crippen molar-refractivity contribution in [3.8, 4) is 0 Å². The summed E-state index contributed by atoms with van der Waals surface area (Å²) in [5.41, 5.74) is 1.87. The van der Waals surface area contributed by atoms with Crippen LogP contribution < -0.4 is 0 Å². The Labute approximate surface area is 97.3 Å². The average Bonchev–Trinajstić information content (AvgIpc) is 2.76. The van der Waals surface area contributed by atoms with Gasteiger partial charge in [-0.05, 0) is 69.4 Å². The van der Waals surface area contributed by atoms with Gasteiger partial charge in [0.1, 0.15) is 5.82 Å². The number of benzene rings is 1.